The number of hydrogen-bond donors (Lipinski definition) is 1. The third kappa shape index (κ3) is 4.09. The van der Waals surface area contributed by atoms with E-state index in [4.69, 9.17) is 11.0 Å². The summed E-state index contributed by atoms with van der Waals surface area (Å²) in [6, 6.07) is 2.76. The minimum absolute atomic E-state index is 0.616. The fraction of sp³-hybridized carbons (Fsp3) is 0.917. The summed E-state index contributed by atoms with van der Waals surface area (Å²) in [4.78, 5) is 4.86. The predicted octanol–water partition coefficient (Wildman–Crippen LogP) is 0.643. The van der Waals surface area contributed by atoms with Crippen LogP contribution in [0.4, 0.5) is 0 Å². The molecule has 2 N–H and O–H groups in total. The average Bonchev–Trinajstić information content (AvgIpc) is 2.21. The van der Waals surface area contributed by atoms with Gasteiger partial charge in [-0.3, -0.25) is 4.90 Å². The van der Waals surface area contributed by atoms with E-state index in [1.807, 2.05) is 0 Å². The Labute approximate surface area is 99.0 Å². The van der Waals surface area contributed by atoms with Gasteiger partial charge in [-0.1, -0.05) is 0 Å². The second kappa shape index (κ2) is 5.62. The van der Waals surface area contributed by atoms with E-state index in [-0.39, 0.29) is 0 Å². The number of nitrogens with two attached hydrogens (primary N) is 1. The van der Waals surface area contributed by atoms with Crippen molar-refractivity contribution in [2.45, 2.75) is 38.3 Å². The monoisotopic (exact) mass is 224 g/mol. The van der Waals surface area contributed by atoms with Gasteiger partial charge in [0.15, 0.2) is 0 Å². The van der Waals surface area contributed by atoms with Crippen LogP contribution >= 0.6 is 0 Å². The molecule has 1 aliphatic rings. The van der Waals surface area contributed by atoms with Gasteiger partial charge in [0.1, 0.15) is 5.54 Å². The fourth-order valence-corrected chi connectivity index (χ4v) is 2.21. The van der Waals surface area contributed by atoms with Gasteiger partial charge in [0.05, 0.1) is 6.07 Å². The van der Waals surface area contributed by atoms with Gasteiger partial charge in [-0.15, -0.1) is 0 Å². The third-order valence-corrected chi connectivity index (χ3v) is 3.37. The van der Waals surface area contributed by atoms with Crippen molar-refractivity contribution in [1.82, 2.24) is 9.80 Å². The summed E-state index contributed by atoms with van der Waals surface area (Å²) in [7, 11) is 2.17. The van der Waals surface area contributed by atoms with Crippen LogP contribution in [-0.4, -0.2) is 54.6 Å². The molecule has 0 bridgehead atoms. The normalized spacial score (nSPS) is 27.3. The molecule has 0 amide bonds. The summed E-state index contributed by atoms with van der Waals surface area (Å²) in [6.45, 7) is 8.54. The molecule has 92 valence electrons. The molecule has 2 atom stereocenters. The van der Waals surface area contributed by atoms with Crippen molar-refractivity contribution in [2.75, 3.05) is 33.2 Å². The number of piperazine rings is 1. The van der Waals surface area contributed by atoms with E-state index in [2.05, 4.69) is 29.8 Å². The predicted molar refractivity (Wildman–Crippen MR) is 66.0 cm³/mol. The Morgan fingerprint density at radius 1 is 1.50 bits per heavy atom. The number of nitrogens with zero attached hydrogens (tertiary/aromatic N) is 3. The maximum Gasteiger partial charge on any atom is 0.101 e. The molecular formula is C12H24N4. The lowest BCUT2D eigenvalue weighted by Gasteiger charge is -2.38. The van der Waals surface area contributed by atoms with Crippen molar-refractivity contribution in [3.8, 4) is 6.07 Å². The van der Waals surface area contributed by atoms with Gasteiger partial charge in [0, 0.05) is 25.7 Å². The Morgan fingerprint density at radius 3 is 2.75 bits per heavy atom. The first-order valence-corrected chi connectivity index (χ1v) is 6.07. The molecule has 16 heavy (non-hydrogen) atoms. The molecule has 0 spiro atoms. The van der Waals surface area contributed by atoms with Crippen LogP contribution in [0.15, 0.2) is 0 Å². The smallest absolute Gasteiger partial charge is 0.101 e. The lowest BCUT2D eigenvalue weighted by molar-refractivity contribution is 0.0976. The Morgan fingerprint density at radius 2 is 2.19 bits per heavy atom. The number of rotatable bonds is 4. The SMILES string of the molecule is CC1CN(C)CCN1CCCC(C)(N)C#N. The van der Waals surface area contributed by atoms with E-state index in [9.17, 15) is 0 Å². The van der Waals surface area contributed by atoms with Crippen molar-refractivity contribution in [2.24, 2.45) is 5.73 Å². The summed E-state index contributed by atoms with van der Waals surface area (Å²) >= 11 is 0. The van der Waals surface area contributed by atoms with E-state index in [1.54, 1.807) is 6.92 Å². The topological polar surface area (TPSA) is 56.3 Å². The second-order valence-electron chi connectivity index (χ2n) is 5.28. The van der Waals surface area contributed by atoms with Crippen LogP contribution in [0.2, 0.25) is 0 Å². The minimum Gasteiger partial charge on any atom is -0.314 e. The summed E-state index contributed by atoms with van der Waals surface area (Å²) in [5.74, 6) is 0. The molecule has 1 heterocycles. The zero-order valence-corrected chi connectivity index (χ0v) is 10.7. The van der Waals surface area contributed by atoms with Crippen LogP contribution in [0.25, 0.3) is 0 Å². The zero-order valence-electron chi connectivity index (χ0n) is 10.7. The van der Waals surface area contributed by atoms with Gasteiger partial charge in [0.2, 0.25) is 0 Å². The highest BCUT2D eigenvalue weighted by Crippen LogP contribution is 2.12. The van der Waals surface area contributed by atoms with Crippen LogP contribution in [0.1, 0.15) is 26.7 Å². The van der Waals surface area contributed by atoms with Crippen LogP contribution in [0.5, 0.6) is 0 Å². The number of hydrogen-bond acceptors (Lipinski definition) is 4. The molecule has 0 saturated carbocycles. The average molecular weight is 224 g/mol. The molecule has 1 rings (SSSR count). The molecule has 0 aromatic heterocycles. The quantitative estimate of drug-likeness (QED) is 0.761. The summed E-state index contributed by atoms with van der Waals surface area (Å²) < 4.78 is 0. The maximum atomic E-state index is 8.82. The molecule has 1 aliphatic heterocycles. The van der Waals surface area contributed by atoms with Crippen molar-refractivity contribution in [1.29, 1.82) is 5.26 Å². The lowest BCUT2D eigenvalue weighted by atomic mass is 9.99. The van der Waals surface area contributed by atoms with Crippen LogP contribution < -0.4 is 5.73 Å². The van der Waals surface area contributed by atoms with E-state index in [0.717, 1.165) is 39.0 Å². The highest BCUT2D eigenvalue weighted by atomic mass is 15.3. The summed E-state index contributed by atoms with van der Waals surface area (Å²) in [5.41, 5.74) is 5.14. The Hall–Kier alpha value is -0.630. The van der Waals surface area contributed by atoms with Crippen molar-refractivity contribution >= 4 is 0 Å². The zero-order chi connectivity index (χ0) is 12.2. The van der Waals surface area contributed by atoms with Gasteiger partial charge in [-0.05, 0) is 40.3 Å². The summed E-state index contributed by atoms with van der Waals surface area (Å²) in [5, 5.41) is 8.82. The van der Waals surface area contributed by atoms with Crippen molar-refractivity contribution in [3.63, 3.8) is 0 Å². The first-order valence-electron chi connectivity index (χ1n) is 6.07. The van der Waals surface area contributed by atoms with Gasteiger partial charge < -0.3 is 10.6 Å². The molecule has 0 aromatic carbocycles. The molecule has 4 nitrogen and oxygen atoms in total. The molecule has 0 radical (unpaired) electrons. The Balaban J connectivity index is 2.26. The Kier molecular flexibility index (Phi) is 4.72. The van der Waals surface area contributed by atoms with Gasteiger partial charge >= 0.3 is 0 Å². The Bertz CT molecular complexity index is 256. The van der Waals surface area contributed by atoms with E-state index in [0.29, 0.717) is 6.04 Å². The van der Waals surface area contributed by atoms with Crippen molar-refractivity contribution in [3.05, 3.63) is 0 Å². The van der Waals surface area contributed by atoms with Crippen molar-refractivity contribution < 1.29 is 0 Å². The lowest BCUT2D eigenvalue weighted by Crippen LogP contribution is -2.50. The molecule has 1 saturated heterocycles. The first-order chi connectivity index (χ1) is 7.44. The fourth-order valence-electron chi connectivity index (χ4n) is 2.21. The van der Waals surface area contributed by atoms with E-state index in [1.165, 1.54) is 0 Å². The van der Waals surface area contributed by atoms with Gasteiger partial charge in [-0.2, -0.15) is 5.26 Å². The standard InChI is InChI=1S/C12H24N4/c1-11-9-15(3)7-8-16(11)6-4-5-12(2,14)10-13/h11H,4-9,14H2,1-3H3. The van der Waals surface area contributed by atoms with E-state index < -0.39 is 5.54 Å². The minimum atomic E-state index is -0.657. The second-order valence-corrected chi connectivity index (χ2v) is 5.28. The number of nitriles is 1. The van der Waals surface area contributed by atoms with Crippen LogP contribution in [0, 0.1) is 11.3 Å². The first kappa shape index (κ1) is 13.4. The summed E-state index contributed by atoms with van der Waals surface area (Å²) in [6.07, 6.45) is 1.79. The molecule has 4 heteroatoms. The van der Waals surface area contributed by atoms with Crippen LogP contribution in [-0.2, 0) is 0 Å². The van der Waals surface area contributed by atoms with Gasteiger partial charge in [0.25, 0.3) is 0 Å². The highest BCUT2D eigenvalue weighted by molar-refractivity contribution is 5.00. The maximum absolute atomic E-state index is 8.82. The van der Waals surface area contributed by atoms with E-state index >= 15 is 0 Å². The molecule has 0 aliphatic carbocycles. The molecule has 1 fully saturated rings. The molecule has 2 unspecified atom stereocenters. The molecule has 0 aromatic rings. The van der Waals surface area contributed by atoms with Gasteiger partial charge in [-0.25, -0.2) is 0 Å². The van der Waals surface area contributed by atoms with Crippen LogP contribution in [0.3, 0.4) is 0 Å². The highest BCUT2D eigenvalue weighted by Gasteiger charge is 2.22. The largest absolute Gasteiger partial charge is 0.314 e. The third-order valence-electron chi connectivity index (χ3n) is 3.37. The number of likely N-dealkylation sites (N-methyl/N-ethyl adjacent to an activating group) is 1. The molecular weight excluding hydrogens is 200 g/mol.